The van der Waals surface area contributed by atoms with Gasteiger partial charge in [-0.1, -0.05) is 18.2 Å². The van der Waals surface area contributed by atoms with E-state index in [0.29, 0.717) is 11.1 Å². The van der Waals surface area contributed by atoms with Gasteiger partial charge in [0.05, 0.1) is 16.6 Å². The van der Waals surface area contributed by atoms with Crippen LogP contribution in [0.1, 0.15) is 16.8 Å². The molecule has 1 aromatic heterocycles. The maximum absolute atomic E-state index is 10.9. The minimum Gasteiger partial charge on any atom is -0.493 e. The average Bonchev–Trinajstić information content (AvgIpc) is 2.39. The number of pyridine rings is 1. The molecule has 0 radical (unpaired) electrons. The lowest BCUT2D eigenvalue weighted by molar-refractivity contribution is -0.385. The summed E-state index contributed by atoms with van der Waals surface area (Å²) in [5.41, 5.74) is 1.02. The molecule has 0 saturated carbocycles. The highest BCUT2D eigenvalue weighted by atomic mass is 16.6. The van der Waals surface area contributed by atoms with Gasteiger partial charge in [-0.15, -0.1) is 0 Å². The average molecular weight is 255 g/mol. The summed E-state index contributed by atoms with van der Waals surface area (Å²) in [4.78, 5) is 14.1. The van der Waals surface area contributed by atoms with Crippen molar-refractivity contribution in [1.82, 2.24) is 4.98 Å². The fourth-order valence-electron chi connectivity index (χ4n) is 1.74. The Labute approximate surface area is 108 Å². The van der Waals surface area contributed by atoms with Gasteiger partial charge in [-0.2, -0.15) is 5.26 Å². The van der Waals surface area contributed by atoms with Crippen LogP contribution in [0.15, 0.2) is 36.4 Å². The van der Waals surface area contributed by atoms with Crippen LogP contribution in [0.5, 0.6) is 5.88 Å². The van der Waals surface area contributed by atoms with Crippen LogP contribution in [0.4, 0.5) is 5.69 Å². The number of rotatable bonds is 3. The van der Waals surface area contributed by atoms with Crippen LogP contribution >= 0.6 is 0 Å². The molecule has 1 heterocycles. The highest BCUT2D eigenvalue weighted by Gasteiger charge is 2.17. The van der Waals surface area contributed by atoms with E-state index in [1.54, 1.807) is 24.3 Å². The molecular formula is C13H9N3O3. The number of hydrogen-bond acceptors (Lipinski definition) is 5. The quantitative estimate of drug-likeness (QED) is 0.669. The van der Waals surface area contributed by atoms with Gasteiger partial charge < -0.3 is 5.11 Å². The Morgan fingerprint density at radius 3 is 2.74 bits per heavy atom. The highest BCUT2D eigenvalue weighted by Crippen LogP contribution is 2.23. The Morgan fingerprint density at radius 1 is 1.32 bits per heavy atom. The second-order valence-corrected chi connectivity index (χ2v) is 3.84. The molecule has 0 fully saturated rings. The van der Waals surface area contributed by atoms with Crippen molar-refractivity contribution in [1.29, 1.82) is 5.26 Å². The zero-order valence-electron chi connectivity index (χ0n) is 9.78. The summed E-state index contributed by atoms with van der Waals surface area (Å²) in [6, 6.07) is 11.2. The number of nitro groups is 1. The van der Waals surface area contributed by atoms with Crippen molar-refractivity contribution in [3.63, 3.8) is 0 Å². The molecule has 2 rings (SSSR count). The molecular weight excluding hydrogens is 246 g/mol. The van der Waals surface area contributed by atoms with E-state index in [2.05, 4.69) is 4.98 Å². The van der Waals surface area contributed by atoms with E-state index in [1.807, 2.05) is 6.07 Å². The van der Waals surface area contributed by atoms with Crippen LogP contribution in [0, 0.1) is 21.4 Å². The first kappa shape index (κ1) is 12.5. The van der Waals surface area contributed by atoms with Crippen LogP contribution in [-0.2, 0) is 6.42 Å². The van der Waals surface area contributed by atoms with Gasteiger partial charge in [0.15, 0.2) is 0 Å². The van der Waals surface area contributed by atoms with E-state index in [4.69, 9.17) is 5.26 Å². The second-order valence-electron chi connectivity index (χ2n) is 3.84. The Morgan fingerprint density at radius 2 is 2.05 bits per heavy atom. The van der Waals surface area contributed by atoms with E-state index in [-0.39, 0.29) is 23.7 Å². The molecule has 0 atom stereocenters. The summed E-state index contributed by atoms with van der Waals surface area (Å²) in [5.74, 6) is -0.282. The Kier molecular flexibility index (Phi) is 3.39. The third-order valence-corrected chi connectivity index (χ3v) is 2.63. The van der Waals surface area contributed by atoms with Gasteiger partial charge in [0.25, 0.3) is 5.69 Å². The van der Waals surface area contributed by atoms with Gasteiger partial charge in [0, 0.05) is 18.6 Å². The van der Waals surface area contributed by atoms with E-state index in [0.717, 1.165) is 6.07 Å². The van der Waals surface area contributed by atoms with Crippen molar-refractivity contribution in [3.05, 3.63) is 63.3 Å². The van der Waals surface area contributed by atoms with Crippen LogP contribution in [0.3, 0.4) is 0 Å². The molecule has 1 aromatic carbocycles. The van der Waals surface area contributed by atoms with Crippen molar-refractivity contribution < 1.29 is 10.0 Å². The largest absolute Gasteiger partial charge is 0.493 e. The summed E-state index contributed by atoms with van der Waals surface area (Å²) >= 11 is 0. The summed E-state index contributed by atoms with van der Waals surface area (Å²) < 4.78 is 0. The number of benzene rings is 1. The summed E-state index contributed by atoms with van der Waals surface area (Å²) in [7, 11) is 0. The molecule has 0 unspecified atom stereocenters. The van der Waals surface area contributed by atoms with Crippen molar-refractivity contribution in [3.8, 4) is 11.9 Å². The molecule has 0 aliphatic heterocycles. The Balaban J connectivity index is 2.46. The van der Waals surface area contributed by atoms with E-state index >= 15 is 0 Å². The summed E-state index contributed by atoms with van der Waals surface area (Å²) in [6.07, 6.45) is 0.119. The van der Waals surface area contributed by atoms with Crippen LogP contribution in [-0.4, -0.2) is 15.0 Å². The second kappa shape index (κ2) is 5.14. The molecule has 0 amide bonds. The molecule has 6 heteroatoms. The van der Waals surface area contributed by atoms with Crippen molar-refractivity contribution in [2.45, 2.75) is 6.42 Å². The van der Waals surface area contributed by atoms with Crippen molar-refractivity contribution in [2.75, 3.05) is 0 Å². The van der Waals surface area contributed by atoms with Gasteiger partial charge in [0.1, 0.15) is 5.69 Å². The third-order valence-electron chi connectivity index (χ3n) is 2.63. The lowest BCUT2D eigenvalue weighted by Crippen LogP contribution is -2.01. The van der Waals surface area contributed by atoms with E-state index < -0.39 is 4.92 Å². The Hall–Kier alpha value is -2.94. The third kappa shape index (κ3) is 2.66. The van der Waals surface area contributed by atoms with Crippen molar-refractivity contribution in [2.24, 2.45) is 0 Å². The first-order valence-corrected chi connectivity index (χ1v) is 5.43. The normalized spacial score (nSPS) is 9.84. The highest BCUT2D eigenvalue weighted by molar-refractivity contribution is 5.45. The van der Waals surface area contributed by atoms with Gasteiger partial charge >= 0.3 is 0 Å². The van der Waals surface area contributed by atoms with Crippen LogP contribution in [0.2, 0.25) is 0 Å². The van der Waals surface area contributed by atoms with Crippen molar-refractivity contribution >= 4 is 5.69 Å². The number of aromatic hydroxyl groups is 1. The smallest absolute Gasteiger partial charge is 0.291 e. The van der Waals surface area contributed by atoms with E-state index in [1.165, 1.54) is 6.07 Å². The fourth-order valence-corrected chi connectivity index (χ4v) is 1.74. The van der Waals surface area contributed by atoms with E-state index in [9.17, 15) is 15.2 Å². The van der Waals surface area contributed by atoms with Crippen LogP contribution in [0.25, 0.3) is 0 Å². The molecule has 0 spiro atoms. The molecule has 0 aliphatic rings. The monoisotopic (exact) mass is 255 g/mol. The zero-order valence-corrected chi connectivity index (χ0v) is 9.78. The minimum atomic E-state index is -0.559. The molecule has 0 saturated heterocycles. The summed E-state index contributed by atoms with van der Waals surface area (Å²) in [6.45, 7) is 0. The van der Waals surface area contributed by atoms with Gasteiger partial charge in [-0.05, 0) is 11.6 Å². The number of hydrogen-bond donors (Lipinski definition) is 1. The molecule has 6 nitrogen and oxygen atoms in total. The molecule has 19 heavy (non-hydrogen) atoms. The first-order chi connectivity index (χ1) is 9.11. The van der Waals surface area contributed by atoms with Crippen LogP contribution < -0.4 is 0 Å². The minimum absolute atomic E-state index is 0.119. The SMILES string of the molecule is N#Cc1ccccc1Cc1nc(O)ccc1[N+](=O)[O-]. The summed E-state index contributed by atoms with van der Waals surface area (Å²) in [5, 5.41) is 29.2. The predicted octanol–water partition coefficient (Wildman–Crippen LogP) is 2.16. The van der Waals surface area contributed by atoms with Gasteiger partial charge in [-0.3, -0.25) is 10.1 Å². The fraction of sp³-hybridized carbons (Fsp3) is 0.0769. The maximum atomic E-state index is 10.9. The predicted molar refractivity (Wildman–Crippen MR) is 66.5 cm³/mol. The molecule has 2 aromatic rings. The molecule has 0 bridgehead atoms. The van der Waals surface area contributed by atoms with Gasteiger partial charge in [0.2, 0.25) is 5.88 Å². The molecule has 94 valence electrons. The lowest BCUT2D eigenvalue weighted by Gasteiger charge is -2.04. The number of aromatic nitrogens is 1. The lowest BCUT2D eigenvalue weighted by atomic mass is 10.0. The Bertz CT molecular complexity index is 677. The van der Waals surface area contributed by atoms with Gasteiger partial charge in [-0.25, -0.2) is 4.98 Å². The maximum Gasteiger partial charge on any atom is 0.291 e. The molecule has 1 N–H and O–H groups in total. The zero-order chi connectivity index (χ0) is 13.8. The standard InChI is InChI=1S/C13H9N3O3/c14-8-10-4-2-1-3-9(10)7-11-12(16(18)19)5-6-13(17)15-11/h1-6H,7H2,(H,15,17). The number of nitrogens with zero attached hydrogens (tertiary/aromatic N) is 3. The topological polar surface area (TPSA) is 100 Å². The first-order valence-electron chi connectivity index (χ1n) is 5.43. The molecule has 0 aliphatic carbocycles. The number of nitriles is 1.